The summed E-state index contributed by atoms with van der Waals surface area (Å²) in [5.74, 6) is 0.967. The molecule has 1 fully saturated rings. The van der Waals surface area contributed by atoms with E-state index in [2.05, 4.69) is 54.6 Å². The summed E-state index contributed by atoms with van der Waals surface area (Å²) in [7, 11) is 0. The van der Waals surface area contributed by atoms with Crippen molar-refractivity contribution >= 4 is 29.9 Å². The topological polar surface area (TPSA) is 36.4 Å². The number of aryl methyl sites for hydroxylation is 2. The van der Waals surface area contributed by atoms with Gasteiger partial charge in [-0.15, -0.1) is 24.0 Å². The Bertz CT molecular complexity index is 453. The average Bonchev–Trinajstić information content (AvgIpc) is 3.16. The zero-order chi connectivity index (χ0) is 13.7. The largest absolute Gasteiger partial charge is 0.357 e. The van der Waals surface area contributed by atoms with Crippen LogP contribution in [0.5, 0.6) is 0 Å². The molecular formula is C16H26IN3. The number of halogens is 1. The van der Waals surface area contributed by atoms with Crippen molar-refractivity contribution in [2.45, 2.75) is 46.1 Å². The summed E-state index contributed by atoms with van der Waals surface area (Å²) in [6.07, 6.45) is 3.57. The summed E-state index contributed by atoms with van der Waals surface area (Å²) in [5, 5.41) is 6.74. The number of rotatable bonds is 5. The normalized spacial score (nSPS) is 14.7. The zero-order valence-electron chi connectivity index (χ0n) is 12.7. The lowest BCUT2D eigenvalue weighted by Crippen LogP contribution is -2.38. The fourth-order valence-electron chi connectivity index (χ4n) is 2.16. The molecule has 20 heavy (non-hydrogen) atoms. The Morgan fingerprint density at radius 2 is 2.05 bits per heavy atom. The van der Waals surface area contributed by atoms with Crippen molar-refractivity contribution in [3.63, 3.8) is 0 Å². The van der Waals surface area contributed by atoms with Gasteiger partial charge in [0.2, 0.25) is 0 Å². The van der Waals surface area contributed by atoms with Gasteiger partial charge in [-0.1, -0.05) is 23.8 Å². The van der Waals surface area contributed by atoms with E-state index in [4.69, 9.17) is 0 Å². The number of nitrogens with one attached hydrogen (secondary N) is 2. The maximum atomic E-state index is 4.65. The van der Waals surface area contributed by atoms with Crippen LogP contribution in [0.2, 0.25) is 0 Å². The molecule has 0 bridgehead atoms. The average molecular weight is 387 g/mol. The maximum absolute atomic E-state index is 4.65. The first-order chi connectivity index (χ1) is 9.19. The minimum absolute atomic E-state index is 0. The van der Waals surface area contributed by atoms with Crippen LogP contribution in [-0.4, -0.2) is 25.1 Å². The molecule has 0 heterocycles. The molecule has 2 rings (SSSR count). The van der Waals surface area contributed by atoms with Crippen LogP contribution in [-0.2, 0) is 6.42 Å². The van der Waals surface area contributed by atoms with Crippen LogP contribution in [0.15, 0.2) is 23.2 Å². The number of guanidine groups is 1. The number of hydrogen-bond donors (Lipinski definition) is 2. The predicted octanol–water partition coefficient (Wildman–Crippen LogP) is 3.18. The second-order valence-corrected chi connectivity index (χ2v) is 5.36. The van der Waals surface area contributed by atoms with Crippen molar-refractivity contribution in [3.05, 3.63) is 34.9 Å². The smallest absolute Gasteiger partial charge is 0.191 e. The van der Waals surface area contributed by atoms with Gasteiger partial charge in [0, 0.05) is 19.1 Å². The van der Waals surface area contributed by atoms with Crippen molar-refractivity contribution in [2.75, 3.05) is 13.1 Å². The zero-order valence-corrected chi connectivity index (χ0v) is 15.0. The molecule has 112 valence electrons. The Hall–Kier alpha value is -0.780. The van der Waals surface area contributed by atoms with E-state index in [-0.39, 0.29) is 24.0 Å². The van der Waals surface area contributed by atoms with Crippen LogP contribution in [0, 0.1) is 13.8 Å². The summed E-state index contributed by atoms with van der Waals surface area (Å²) in [5.41, 5.74) is 4.10. The summed E-state index contributed by atoms with van der Waals surface area (Å²) in [6, 6.07) is 7.30. The minimum Gasteiger partial charge on any atom is -0.357 e. The quantitative estimate of drug-likeness (QED) is 0.463. The standard InChI is InChI=1S/C16H25N3.HI/c1-4-17-16(19-15-7-8-15)18-10-9-14-6-5-12(2)11-13(14)3;/h5-6,11,15H,4,7-10H2,1-3H3,(H2,17,18,19);1H. The van der Waals surface area contributed by atoms with E-state index in [0.29, 0.717) is 6.04 Å². The third-order valence-electron chi connectivity index (χ3n) is 3.41. The maximum Gasteiger partial charge on any atom is 0.191 e. The molecule has 0 radical (unpaired) electrons. The molecule has 2 N–H and O–H groups in total. The molecule has 0 aliphatic heterocycles. The number of nitrogens with zero attached hydrogens (tertiary/aromatic N) is 1. The van der Waals surface area contributed by atoms with E-state index < -0.39 is 0 Å². The SMILES string of the molecule is CCNC(=NCCc1ccc(C)cc1C)NC1CC1.I. The highest BCUT2D eigenvalue weighted by Gasteiger charge is 2.21. The van der Waals surface area contributed by atoms with Crippen molar-refractivity contribution < 1.29 is 0 Å². The van der Waals surface area contributed by atoms with E-state index in [1.807, 2.05) is 0 Å². The van der Waals surface area contributed by atoms with E-state index in [1.165, 1.54) is 29.5 Å². The van der Waals surface area contributed by atoms with E-state index in [9.17, 15) is 0 Å². The molecule has 0 aromatic heterocycles. The Balaban J connectivity index is 0.00000200. The molecular weight excluding hydrogens is 361 g/mol. The van der Waals surface area contributed by atoms with Gasteiger partial charge in [0.05, 0.1) is 0 Å². The lowest BCUT2D eigenvalue weighted by molar-refractivity contribution is 0.807. The van der Waals surface area contributed by atoms with Gasteiger partial charge in [-0.25, -0.2) is 0 Å². The molecule has 0 spiro atoms. The Kier molecular flexibility index (Phi) is 7.34. The Labute approximate surface area is 139 Å². The summed E-state index contributed by atoms with van der Waals surface area (Å²) in [4.78, 5) is 4.65. The van der Waals surface area contributed by atoms with Crippen LogP contribution in [0.1, 0.15) is 36.5 Å². The molecule has 4 heteroatoms. The van der Waals surface area contributed by atoms with Crippen LogP contribution in [0.4, 0.5) is 0 Å². The molecule has 1 aromatic carbocycles. The molecule has 0 saturated heterocycles. The molecule has 0 atom stereocenters. The van der Waals surface area contributed by atoms with Gasteiger partial charge in [0.15, 0.2) is 5.96 Å². The lowest BCUT2D eigenvalue weighted by atomic mass is 10.0. The molecule has 1 aliphatic carbocycles. The first-order valence-corrected chi connectivity index (χ1v) is 7.30. The van der Waals surface area contributed by atoms with Gasteiger partial charge >= 0.3 is 0 Å². The van der Waals surface area contributed by atoms with Crippen molar-refractivity contribution in [2.24, 2.45) is 4.99 Å². The molecule has 1 saturated carbocycles. The highest BCUT2D eigenvalue weighted by molar-refractivity contribution is 14.0. The van der Waals surface area contributed by atoms with Gasteiger partial charge in [0.1, 0.15) is 0 Å². The van der Waals surface area contributed by atoms with Crippen LogP contribution >= 0.6 is 24.0 Å². The second-order valence-electron chi connectivity index (χ2n) is 5.36. The molecule has 3 nitrogen and oxygen atoms in total. The number of aliphatic imine (C=N–C) groups is 1. The molecule has 1 aliphatic rings. The van der Waals surface area contributed by atoms with Gasteiger partial charge in [-0.3, -0.25) is 4.99 Å². The van der Waals surface area contributed by atoms with E-state index >= 15 is 0 Å². The van der Waals surface area contributed by atoms with Crippen LogP contribution < -0.4 is 10.6 Å². The summed E-state index contributed by atoms with van der Waals surface area (Å²) in [6.45, 7) is 8.18. The molecule has 0 amide bonds. The van der Waals surface area contributed by atoms with Crippen LogP contribution in [0.25, 0.3) is 0 Å². The monoisotopic (exact) mass is 387 g/mol. The predicted molar refractivity (Wildman–Crippen MR) is 97.2 cm³/mol. The van der Waals surface area contributed by atoms with E-state index in [0.717, 1.165) is 25.5 Å². The highest BCUT2D eigenvalue weighted by atomic mass is 127. The Morgan fingerprint density at radius 1 is 1.30 bits per heavy atom. The first kappa shape index (κ1) is 17.3. The summed E-state index contributed by atoms with van der Waals surface area (Å²) < 4.78 is 0. The minimum atomic E-state index is 0. The third-order valence-corrected chi connectivity index (χ3v) is 3.41. The van der Waals surface area contributed by atoms with Crippen molar-refractivity contribution in [1.82, 2.24) is 10.6 Å². The molecule has 1 aromatic rings. The fourth-order valence-corrected chi connectivity index (χ4v) is 2.16. The van der Waals surface area contributed by atoms with Crippen molar-refractivity contribution in [3.8, 4) is 0 Å². The fraction of sp³-hybridized carbons (Fsp3) is 0.562. The number of hydrogen-bond acceptors (Lipinski definition) is 1. The van der Waals surface area contributed by atoms with Crippen molar-refractivity contribution in [1.29, 1.82) is 0 Å². The highest BCUT2D eigenvalue weighted by Crippen LogP contribution is 2.18. The van der Waals surface area contributed by atoms with E-state index in [1.54, 1.807) is 0 Å². The van der Waals surface area contributed by atoms with Crippen LogP contribution in [0.3, 0.4) is 0 Å². The van der Waals surface area contributed by atoms with Gasteiger partial charge in [0.25, 0.3) is 0 Å². The van der Waals surface area contributed by atoms with Gasteiger partial charge in [-0.2, -0.15) is 0 Å². The number of benzene rings is 1. The second kappa shape index (κ2) is 8.49. The third kappa shape index (κ3) is 5.69. The first-order valence-electron chi connectivity index (χ1n) is 7.30. The van der Waals surface area contributed by atoms with Gasteiger partial charge in [-0.05, 0) is 51.2 Å². The lowest BCUT2D eigenvalue weighted by Gasteiger charge is -2.10. The summed E-state index contributed by atoms with van der Waals surface area (Å²) >= 11 is 0. The van der Waals surface area contributed by atoms with Gasteiger partial charge < -0.3 is 10.6 Å². The molecule has 0 unspecified atom stereocenters. The Morgan fingerprint density at radius 3 is 2.65 bits per heavy atom.